The minimum atomic E-state index is -1.06. The van der Waals surface area contributed by atoms with Crippen LogP contribution in [0.1, 0.15) is 49.7 Å². The molecule has 0 unspecified atom stereocenters. The van der Waals surface area contributed by atoms with E-state index in [0.717, 1.165) is 21.0 Å². The second kappa shape index (κ2) is 8.60. The monoisotopic (exact) mass is 408 g/mol. The maximum absolute atomic E-state index is 9.74. The van der Waals surface area contributed by atoms with Crippen molar-refractivity contribution >= 4 is 17.2 Å². The van der Waals surface area contributed by atoms with E-state index in [4.69, 9.17) is 10.5 Å². The number of hydrogen-bond acceptors (Lipinski definition) is 7. The number of hydrogen-bond donors (Lipinski definition) is 2. The van der Waals surface area contributed by atoms with Crippen molar-refractivity contribution in [2.24, 2.45) is 0 Å². The largest absolute Gasteiger partial charge is 0.485 e. The van der Waals surface area contributed by atoms with E-state index in [-0.39, 0.29) is 6.61 Å². The predicted octanol–water partition coefficient (Wildman–Crippen LogP) is 4.01. The van der Waals surface area contributed by atoms with Gasteiger partial charge in [-0.1, -0.05) is 25.7 Å². The third kappa shape index (κ3) is 5.76. The number of aliphatic hydroxyl groups is 1. The molecule has 3 heterocycles. The molecule has 6 nitrogen and oxygen atoms in total. The summed E-state index contributed by atoms with van der Waals surface area (Å²) in [6, 6.07) is 3.75. The number of nitrogen functional groups attached to an aromatic ring is 1. The first-order chi connectivity index (χ1) is 13.7. The Labute approximate surface area is 174 Å². The van der Waals surface area contributed by atoms with Crippen molar-refractivity contribution in [3.63, 3.8) is 0 Å². The molecule has 0 aliphatic carbocycles. The second-order valence-corrected chi connectivity index (χ2v) is 8.57. The van der Waals surface area contributed by atoms with Gasteiger partial charge in [0.1, 0.15) is 12.2 Å². The fraction of sp³-hybridized carbons (Fsp3) is 0.318. The van der Waals surface area contributed by atoms with E-state index in [1.165, 1.54) is 0 Å². The molecule has 3 aromatic rings. The fourth-order valence-electron chi connectivity index (χ4n) is 2.41. The van der Waals surface area contributed by atoms with Crippen molar-refractivity contribution in [3.8, 4) is 28.0 Å². The normalized spacial score (nSPS) is 11.2. The molecule has 0 aliphatic rings. The third-order valence-corrected chi connectivity index (χ3v) is 5.23. The molecule has 150 valence electrons. The van der Waals surface area contributed by atoms with Gasteiger partial charge < -0.3 is 15.6 Å². The smallest absolute Gasteiger partial charge is 0.166 e. The molecule has 0 radical (unpaired) electrons. The van der Waals surface area contributed by atoms with Gasteiger partial charge in [0.15, 0.2) is 11.6 Å². The fourth-order valence-corrected chi connectivity index (χ4v) is 3.32. The molecule has 3 aromatic heterocycles. The molecule has 3 rings (SSSR count). The average Bonchev–Trinajstić information content (AvgIpc) is 3.16. The number of nitrogens with zero attached hydrogens (tertiary/aromatic N) is 3. The van der Waals surface area contributed by atoms with Crippen LogP contribution in [0.25, 0.3) is 10.4 Å². The predicted molar refractivity (Wildman–Crippen MR) is 116 cm³/mol. The van der Waals surface area contributed by atoms with Crippen molar-refractivity contribution in [2.75, 3.05) is 5.73 Å². The van der Waals surface area contributed by atoms with Gasteiger partial charge >= 0.3 is 0 Å². The summed E-state index contributed by atoms with van der Waals surface area (Å²) in [6.07, 6.45) is 6.94. The lowest BCUT2D eigenvalue weighted by Crippen LogP contribution is -2.14. The van der Waals surface area contributed by atoms with E-state index in [9.17, 15) is 5.11 Å². The molecule has 3 N–H and O–H groups in total. The first-order valence-corrected chi connectivity index (χ1v) is 10.1. The van der Waals surface area contributed by atoms with Gasteiger partial charge in [-0.05, 0) is 26.0 Å². The summed E-state index contributed by atoms with van der Waals surface area (Å²) >= 11 is 1.64. The molecule has 0 saturated carbocycles. The summed E-state index contributed by atoms with van der Waals surface area (Å²) in [6.45, 7) is 7.78. The Bertz CT molecular complexity index is 1060. The molecular formula is C22H24N4O2S. The van der Waals surface area contributed by atoms with Crippen molar-refractivity contribution in [3.05, 3.63) is 53.1 Å². The SMILES string of the molecule is CC(C)c1ncc(-c2cnc(N)c(OCc3cncc(C#CC(C)(C)O)c3)c2)s1. The molecule has 0 atom stereocenters. The van der Waals surface area contributed by atoms with Gasteiger partial charge in [-0.2, -0.15) is 0 Å². The van der Waals surface area contributed by atoms with Crippen LogP contribution in [0.2, 0.25) is 0 Å². The third-order valence-electron chi connectivity index (χ3n) is 3.89. The van der Waals surface area contributed by atoms with Gasteiger partial charge in [-0.3, -0.25) is 4.98 Å². The minimum Gasteiger partial charge on any atom is -0.485 e. The summed E-state index contributed by atoms with van der Waals surface area (Å²) in [4.78, 5) is 13.9. The van der Waals surface area contributed by atoms with Gasteiger partial charge in [0, 0.05) is 47.4 Å². The van der Waals surface area contributed by atoms with Crippen molar-refractivity contribution in [1.82, 2.24) is 15.0 Å². The highest BCUT2D eigenvalue weighted by molar-refractivity contribution is 7.15. The van der Waals surface area contributed by atoms with Crippen LogP contribution in [0.5, 0.6) is 5.75 Å². The molecule has 0 saturated heterocycles. The number of nitrogens with two attached hydrogens (primary N) is 1. The number of thiazole rings is 1. The summed E-state index contributed by atoms with van der Waals surface area (Å²) in [5.74, 6) is 6.91. The lowest BCUT2D eigenvalue weighted by molar-refractivity contribution is 0.143. The maximum atomic E-state index is 9.74. The van der Waals surface area contributed by atoms with Gasteiger partial charge in [0.25, 0.3) is 0 Å². The van der Waals surface area contributed by atoms with Crippen molar-refractivity contribution in [1.29, 1.82) is 0 Å². The first kappa shape index (κ1) is 20.8. The first-order valence-electron chi connectivity index (χ1n) is 9.25. The van der Waals surface area contributed by atoms with Crippen LogP contribution in [0.3, 0.4) is 0 Å². The Balaban J connectivity index is 1.76. The topological polar surface area (TPSA) is 94.2 Å². The van der Waals surface area contributed by atoms with Crippen LogP contribution in [0.4, 0.5) is 5.82 Å². The maximum Gasteiger partial charge on any atom is 0.166 e. The molecule has 0 fully saturated rings. The van der Waals surface area contributed by atoms with Crippen LogP contribution < -0.4 is 10.5 Å². The second-order valence-electron chi connectivity index (χ2n) is 7.50. The molecular weight excluding hydrogens is 384 g/mol. The van der Waals surface area contributed by atoms with Gasteiger partial charge in [-0.15, -0.1) is 11.3 Å². The molecule has 7 heteroatoms. The van der Waals surface area contributed by atoms with E-state index in [1.54, 1.807) is 43.8 Å². The Morgan fingerprint density at radius 2 is 1.97 bits per heavy atom. The Morgan fingerprint density at radius 3 is 2.66 bits per heavy atom. The van der Waals surface area contributed by atoms with Crippen LogP contribution in [0.15, 0.2) is 36.9 Å². The van der Waals surface area contributed by atoms with E-state index < -0.39 is 5.60 Å². The quantitative estimate of drug-likeness (QED) is 0.620. The Kier molecular flexibility index (Phi) is 6.16. The van der Waals surface area contributed by atoms with E-state index >= 15 is 0 Å². The molecule has 0 amide bonds. The van der Waals surface area contributed by atoms with E-state index in [0.29, 0.717) is 23.0 Å². The molecule has 0 bridgehead atoms. The Hall–Kier alpha value is -2.95. The standard InChI is InChI=1S/C22H24N4O2S/c1-14(2)21-26-12-19(29-21)17-8-18(20(23)25-11-17)28-13-16-7-15(9-24-10-16)5-6-22(3,4)27/h7-12,14,27H,13H2,1-4H3,(H2,23,25). The summed E-state index contributed by atoms with van der Waals surface area (Å²) in [5, 5.41) is 10.8. The lowest BCUT2D eigenvalue weighted by Gasteiger charge is -2.10. The Morgan fingerprint density at radius 1 is 1.17 bits per heavy atom. The molecule has 0 aromatic carbocycles. The molecule has 29 heavy (non-hydrogen) atoms. The zero-order valence-corrected chi connectivity index (χ0v) is 17.7. The minimum absolute atomic E-state index is 0.278. The number of ether oxygens (including phenoxy) is 1. The highest BCUT2D eigenvalue weighted by Crippen LogP contribution is 2.33. The zero-order chi connectivity index (χ0) is 21.0. The van der Waals surface area contributed by atoms with Crippen LogP contribution >= 0.6 is 11.3 Å². The van der Waals surface area contributed by atoms with E-state index in [1.807, 2.05) is 18.3 Å². The summed E-state index contributed by atoms with van der Waals surface area (Å²) in [7, 11) is 0. The highest BCUT2D eigenvalue weighted by atomic mass is 32.1. The zero-order valence-electron chi connectivity index (χ0n) is 16.9. The van der Waals surface area contributed by atoms with Crippen molar-refractivity contribution < 1.29 is 9.84 Å². The lowest BCUT2D eigenvalue weighted by atomic mass is 10.1. The molecule has 0 aliphatic heterocycles. The van der Waals surface area contributed by atoms with Gasteiger partial charge in [-0.25, -0.2) is 9.97 Å². The van der Waals surface area contributed by atoms with Crippen molar-refractivity contribution in [2.45, 2.75) is 45.8 Å². The summed E-state index contributed by atoms with van der Waals surface area (Å²) in [5.41, 5.74) is 7.41. The van der Waals surface area contributed by atoms with E-state index in [2.05, 4.69) is 40.6 Å². The summed E-state index contributed by atoms with van der Waals surface area (Å²) < 4.78 is 5.90. The number of pyridine rings is 2. The van der Waals surface area contributed by atoms with Crippen LogP contribution in [-0.4, -0.2) is 25.7 Å². The highest BCUT2D eigenvalue weighted by Gasteiger charge is 2.11. The molecule has 0 spiro atoms. The average molecular weight is 409 g/mol. The van der Waals surface area contributed by atoms with Gasteiger partial charge in [0.05, 0.1) is 9.88 Å². The van der Waals surface area contributed by atoms with Crippen LogP contribution in [0, 0.1) is 11.8 Å². The number of rotatable bonds is 5. The van der Waals surface area contributed by atoms with Crippen LogP contribution in [-0.2, 0) is 6.61 Å². The van der Waals surface area contributed by atoms with Gasteiger partial charge in [0.2, 0.25) is 0 Å². The number of anilines is 1. The number of aromatic nitrogens is 3.